The quantitative estimate of drug-likeness (QED) is 0.155. The van der Waals surface area contributed by atoms with Gasteiger partial charge in [-0.3, -0.25) is 23.4 Å². The Labute approximate surface area is 160 Å². The maximum Gasteiger partial charge on any atom is 0.422 e. The van der Waals surface area contributed by atoms with Crippen LogP contribution in [0.25, 0.3) is 10.4 Å². The van der Waals surface area contributed by atoms with Gasteiger partial charge in [-0.25, -0.2) is 13.9 Å². The number of hydrogen-bond acceptors (Lipinski definition) is 8. The molecular weight excluding hydrogens is 459 g/mol. The number of aryl methyl sites for hydroxylation is 1. The molecule has 1 aliphatic rings. The number of nitrogens with one attached hydrogen (secondary N) is 1. The minimum absolute atomic E-state index is 0.130. The van der Waals surface area contributed by atoms with Crippen molar-refractivity contribution in [1.29, 1.82) is 0 Å². The van der Waals surface area contributed by atoms with Crippen LogP contribution in [-0.4, -0.2) is 47.9 Å². The van der Waals surface area contributed by atoms with Crippen molar-refractivity contribution in [2.24, 2.45) is 5.11 Å². The number of H-pyrrole nitrogens is 1. The lowest BCUT2D eigenvalue weighted by Gasteiger charge is -2.21. The molecule has 0 aromatic carbocycles. The van der Waals surface area contributed by atoms with Crippen LogP contribution in [0, 0.1) is 6.92 Å². The van der Waals surface area contributed by atoms with Crippen LogP contribution in [0.4, 0.5) is 0 Å². The van der Waals surface area contributed by atoms with Crippen molar-refractivity contribution in [3.8, 4) is 0 Å². The molecule has 29 heavy (non-hydrogen) atoms. The average Bonchev–Trinajstić information content (AvgIpc) is 2.98. The summed E-state index contributed by atoms with van der Waals surface area (Å²) in [4.78, 5) is 64.4. The van der Waals surface area contributed by atoms with E-state index < -0.39 is 57.5 Å². The molecular formula is C10H16N5O11P3. The SMILES string of the molecule is Cc1cn(C2CC(N=[N+]=[N-])C(COP(=O)(O)P(=O)(O)P(=O)(O)O)O2)c(=O)[nH]c1=O. The molecule has 1 aromatic heterocycles. The van der Waals surface area contributed by atoms with Gasteiger partial charge in [-0.2, -0.15) is 0 Å². The molecule has 162 valence electrons. The van der Waals surface area contributed by atoms with E-state index in [9.17, 15) is 33.1 Å². The summed E-state index contributed by atoms with van der Waals surface area (Å²) in [5.41, 5.74) is 7.34. The van der Waals surface area contributed by atoms with Gasteiger partial charge in [0.05, 0.1) is 18.8 Å². The maximum atomic E-state index is 12.0. The highest BCUT2D eigenvalue weighted by Crippen LogP contribution is 2.94. The topological polar surface area (TPSA) is 254 Å². The molecule has 1 aliphatic heterocycles. The van der Waals surface area contributed by atoms with E-state index in [2.05, 4.69) is 14.5 Å². The van der Waals surface area contributed by atoms with Crippen molar-refractivity contribution in [2.45, 2.75) is 31.7 Å². The first-order chi connectivity index (χ1) is 13.2. The van der Waals surface area contributed by atoms with Crippen LogP contribution in [-0.2, 0) is 23.0 Å². The Morgan fingerprint density at radius 2 is 1.97 bits per heavy atom. The molecule has 2 heterocycles. The zero-order chi connectivity index (χ0) is 22.2. The summed E-state index contributed by atoms with van der Waals surface area (Å²) in [7, 11) is -11.6. The highest BCUT2D eigenvalue weighted by atomic mass is 32.5. The van der Waals surface area contributed by atoms with Gasteiger partial charge in [0.2, 0.25) is 0 Å². The molecule has 0 radical (unpaired) electrons. The van der Waals surface area contributed by atoms with Crippen molar-refractivity contribution in [3.05, 3.63) is 43.0 Å². The molecule has 5 N–H and O–H groups in total. The zero-order valence-corrected chi connectivity index (χ0v) is 17.2. The van der Waals surface area contributed by atoms with Gasteiger partial charge in [0.15, 0.2) is 0 Å². The second-order valence-electron chi connectivity index (χ2n) is 5.93. The van der Waals surface area contributed by atoms with E-state index in [-0.39, 0.29) is 12.0 Å². The Bertz CT molecular complexity index is 1100. The highest BCUT2D eigenvalue weighted by molar-refractivity contribution is 8.60. The average molecular weight is 475 g/mol. The molecule has 0 saturated carbocycles. The van der Waals surface area contributed by atoms with Crippen LogP contribution in [0.15, 0.2) is 20.9 Å². The predicted octanol–water partition coefficient (Wildman–Crippen LogP) is 0.292. The lowest BCUT2D eigenvalue weighted by molar-refractivity contribution is -0.0233. The lowest BCUT2D eigenvalue weighted by atomic mass is 10.1. The van der Waals surface area contributed by atoms with Crippen LogP contribution in [0.5, 0.6) is 0 Å². The van der Waals surface area contributed by atoms with Gasteiger partial charge >= 0.3 is 27.0 Å². The number of aromatic amines is 1. The number of rotatable bonds is 7. The second-order valence-corrected chi connectivity index (χ2v) is 16.5. The van der Waals surface area contributed by atoms with Crippen molar-refractivity contribution in [1.82, 2.24) is 9.55 Å². The standard InChI is InChI=1S/C10H16N5O11P3/c1-5-3-15(10(17)12-9(5)16)8-2-6(13-14-11)7(26-8)4-25-28(21,22)29(23,24)27(18,19)20/h3,6-8H,2,4H2,1H3,(H,21,22)(H,23,24)(H,12,16,17)(H2,18,19,20). The Hall–Kier alpha value is -1.56. The summed E-state index contributed by atoms with van der Waals surface area (Å²) >= 11 is 0. The number of azide groups is 1. The number of aromatic nitrogens is 2. The van der Waals surface area contributed by atoms with Crippen LogP contribution < -0.4 is 11.2 Å². The molecule has 1 fully saturated rings. The first-order valence-corrected chi connectivity index (χ1v) is 13.9. The summed E-state index contributed by atoms with van der Waals surface area (Å²) in [6, 6.07) is -1.07. The Morgan fingerprint density at radius 1 is 1.34 bits per heavy atom. The van der Waals surface area contributed by atoms with Gasteiger partial charge < -0.3 is 24.3 Å². The highest BCUT2D eigenvalue weighted by Gasteiger charge is 2.58. The zero-order valence-electron chi connectivity index (χ0n) is 14.5. The summed E-state index contributed by atoms with van der Waals surface area (Å²) in [6.45, 7) is -5.51. The maximum absolute atomic E-state index is 12.0. The van der Waals surface area contributed by atoms with E-state index in [4.69, 9.17) is 20.1 Å². The van der Waals surface area contributed by atoms with Crippen LogP contribution in [0.2, 0.25) is 0 Å². The lowest BCUT2D eigenvalue weighted by Crippen LogP contribution is -2.33. The molecule has 1 aromatic rings. The van der Waals surface area contributed by atoms with E-state index in [1.807, 2.05) is 4.98 Å². The second kappa shape index (κ2) is 8.29. The van der Waals surface area contributed by atoms with Gasteiger partial charge in [0.1, 0.15) is 6.23 Å². The molecule has 0 spiro atoms. The van der Waals surface area contributed by atoms with Crippen molar-refractivity contribution in [2.75, 3.05) is 6.61 Å². The Balaban J connectivity index is 2.26. The monoisotopic (exact) mass is 475 g/mol. The fraction of sp³-hybridized carbons (Fsp3) is 0.600. The predicted molar refractivity (Wildman–Crippen MR) is 95.2 cm³/mol. The van der Waals surface area contributed by atoms with Gasteiger partial charge in [-0.1, -0.05) is 5.11 Å². The third kappa shape index (κ3) is 4.79. The first kappa shape index (κ1) is 23.7. The fourth-order valence-corrected chi connectivity index (χ4v) is 7.85. The summed E-state index contributed by atoms with van der Waals surface area (Å²) in [6.07, 6.45) is -1.36. The molecule has 19 heteroatoms. The first-order valence-electron chi connectivity index (χ1n) is 7.59. The van der Waals surface area contributed by atoms with E-state index in [1.165, 1.54) is 13.1 Å². The summed E-state index contributed by atoms with van der Waals surface area (Å²) < 4.78 is 45.3. The summed E-state index contributed by atoms with van der Waals surface area (Å²) in [5, 5.41) is 3.39. The van der Waals surface area contributed by atoms with E-state index in [0.717, 1.165) is 4.57 Å². The van der Waals surface area contributed by atoms with Gasteiger partial charge in [-0.15, -0.1) is 0 Å². The minimum atomic E-state index is -5.96. The largest absolute Gasteiger partial charge is 0.422 e. The van der Waals surface area contributed by atoms with E-state index >= 15 is 0 Å². The van der Waals surface area contributed by atoms with Gasteiger partial charge in [0.25, 0.3) is 5.56 Å². The van der Waals surface area contributed by atoms with Crippen LogP contribution in [0.1, 0.15) is 18.2 Å². The van der Waals surface area contributed by atoms with Crippen LogP contribution in [0.3, 0.4) is 0 Å². The molecule has 1 saturated heterocycles. The molecule has 16 nitrogen and oxygen atoms in total. The molecule has 5 atom stereocenters. The number of ether oxygens (including phenoxy) is 1. The molecule has 0 bridgehead atoms. The van der Waals surface area contributed by atoms with E-state index in [0.29, 0.717) is 0 Å². The van der Waals surface area contributed by atoms with Gasteiger partial charge in [-0.05, 0) is 12.5 Å². The molecule has 5 unspecified atom stereocenters. The summed E-state index contributed by atoms with van der Waals surface area (Å²) in [5.74, 6) is 0. The third-order valence-corrected chi connectivity index (χ3v) is 14.2. The Kier molecular flexibility index (Phi) is 6.78. The smallest absolute Gasteiger partial charge is 0.352 e. The molecule has 0 amide bonds. The van der Waals surface area contributed by atoms with Crippen molar-refractivity contribution in [3.63, 3.8) is 0 Å². The van der Waals surface area contributed by atoms with E-state index in [1.54, 1.807) is 0 Å². The normalized spacial score (nSPS) is 26.3. The molecule has 2 rings (SSSR count). The fourth-order valence-electron chi connectivity index (χ4n) is 2.42. The van der Waals surface area contributed by atoms with Crippen molar-refractivity contribution < 1.29 is 42.5 Å². The number of nitrogens with zero attached hydrogens (tertiary/aromatic N) is 4. The Morgan fingerprint density at radius 3 is 2.52 bits per heavy atom. The number of hydrogen-bond donors (Lipinski definition) is 5. The van der Waals surface area contributed by atoms with Crippen molar-refractivity contribution >= 4 is 21.3 Å². The molecule has 0 aliphatic carbocycles. The van der Waals surface area contributed by atoms with Gasteiger partial charge in [0, 0.05) is 23.1 Å². The van der Waals surface area contributed by atoms with Crippen LogP contribution >= 0.6 is 21.3 Å². The minimum Gasteiger partial charge on any atom is -0.352 e. The third-order valence-electron chi connectivity index (χ3n) is 3.94.